The Kier molecular flexibility index (Phi) is 8.79. The molecule has 0 aliphatic rings. The summed E-state index contributed by atoms with van der Waals surface area (Å²) in [5, 5.41) is 23.0. The highest BCUT2D eigenvalue weighted by atomic mass is 16.6. The van der Waals surface area contributed by atoms with Crippen molar-refractivity contribution in [2.24, 2.45) is 0 Å². The number of pyridine rings is 1. The number of hydrogen-bond donors (Lipinski definition) is 1. The van der Waals surface area contributed by atoms with Crippen molar-refractivity contribution in [1.82, 2.24) is 4.57 Å². The third kappa shape index (κ3) is 6.22. The van der Waals surface area contributed by atoms with Crippen molar-refractivity contribution in [2.75, 3.05) is 6.61 Å². The zero-order chi connectivity index (χ0) is 27.1. The standard InChI is InChI=1S/C29H30N2O6/c1-5-20(16-21-10-8-7-9-11-21)17-24-25(19(3)4)27(32)26(29(34)37-6-2)28(33)30(24)18-22-12-14-23(15-13-22)31(35)36/h5,7-15,17,32H,6,16,18H2,1-4H3/b20-5-,24-17+. The zero-order valence-electron chi connectivity index (χ0n) is 21.4. The first kappa shape index (κ1) is 27.1. The van der Waals surface area contributed by atoms with Crippen molar-refractivity contribution < 1.29 is 19.6 Å². The molecule has 3 aromatic rings. The Morgan fingerprint density at radius 1 is 1.08 bits per heavy atom. The second-order valence-electron chi connectivity index (χ2n) is 8.69. The van der Waals surface area contributed by atoms with Gasteiger partial charge in [-0.15, -0.1) is 0 Å². The van der Waals surface area contributed by atoms with Crippen LogP contribution in [0.3, 0.4) is 0 Å². The van der Waals surface area contributed by atoms with Crippen LogP contribution in [-0.4, -0.2) is 27.2 Å². The second kappa shape index (κ2) is 12.0. The van der Waals surface area contributed by atoms with Gasteiger partial charge in [0.05, 0.1) is 23.4 Å². The molecule has 1 N–H and O–H groups in total. The van der Waals surface area contributed by atoms with E-state index >= 15 is 0 Å². The van der Waals surface area contributed by atoms with Crippen molar-refractivity contribution >= 4 is 23.3 Å². The fourth-order valence-corrected chi connectivity index (χ4v) is 4.06. The van der Waals surface area contributed by atoms with E-state index in [1.165, 1.54) is 16.7 Å². The van der Waals surface area contributed by atoms with Crippen molar-refractivity contribution in [2.45, 2.75) is 40.7 Å². The van der Waals surface area contributed by atoms with Gasteiger partial charge in [-0.1, -0.05) is 54.1 Å². The highest BCUT2D eigenvalue weighted by Crippen LogP contribution is 2.14. The number of allylic oxidation sites excluding steroid dienone is 2. The normalized spacial score (nSPS) is 11.9. The molecule has 8 nitrogen and oxygen atoms in total. The van der Waals surface area contributed by atoms with Gasteiger partial charge in [-0.25, -0.2) is 4.79 Å². The third-order valence-electron chi connectivity index (χ3n) is 5.89. The minimum absolute atomic E-state index is 0.0258. The maximum Gasteiger partial charge on any atom is 0.347 e. The molecule has 0 amide bonds. The van der Waals surface area contributed by atoms with Crippen LogP contribution in [0.5, 0.6) is 5.75 Å². The van der Waals surface area contributed by atoms with Crippen LogP contribution in [0.1, 0.15) is 49.2 Å². The van der Waals surface area contributed by atoms with E-state index in [4.69, 9.17) is 4.74 Å². The Morgan fingerprint density at radius 3 is 2.27 bits per heavy atom. The van der Waals surface area contributed by atoms with Crippen molar-refractivity contribution in [3.05, 3.63) is 114 Å². The highest BCUT2D eigenvalue weighted by Gasteiger charge is 2.23. The topological polar surface area (TPSA) is 112 Å². The number of non-ortho nitro benzene ring substituents is 1. The van der Waals surface area contributed by atoms with Gasteiger partial charge in [0.15, 0.2) is 5.56 Å². The van der Waals surface area contributed by atoms with Crippen LogP contribution in [-0.2, 0) is 17.7 Å². The molecule has 0 bridgehead atoms. The molecule has 192 valence electrons. The van der Waals surface area contributed by atoms with Gasteiger partial charge in [-0.3, -0.25) is 14.9 Å². The molecule has 0 radical (unpaired) electrons. The Morgan fingerprint density at radius 2 is 1.73 bits per heavy atom. The van der Waals surface area contributed by atoms with Gasteiger partial charge in [0.2, 0.25) is 0 Å². The fourth-order valence-electron chi connectivity index (χ4n) is 4.06. The lowest BCUT2D eigenvalue weighted by atomic mass is 10.0. The number of esters is 1. The number of rotatable bonds is 8. The molecule has 0 spiro atoms. The molecule has 0 fully saturated rings. The molecule has 0 saturated carbocycles. The highest BCUT2D eigenvalue weighted by molar-refractivity contribution is 5.92. The Hall–Kier alpha value is -4.46. The maximum atomic E-state index is 13.7. The average molecular weight is 503 g/mol. The number of benzene rings is 2. The molecule has 1 heterocycles. The zero-order valence-corrected chi connectivity index (χ0v) is 21.4. The molecular formula is C29H30N2O6. The summed E-state index contributed by atoms with van der Waals surface area (Å²) >= 11 is 0. The van der Waals surface area contributed by atoms with Gasteiger partial charge in [0.25, 0.3) is 11.2 Å². The van der Waals surface area contributed by atoms with Crippen LogP contribution in [0.2, 0.25) is 0 Å². The first-order chi connectivity index (χ1) is 17.7. The van der Waals surface area contributed by atoms with Gasteiger partial charge < -0.3 is 14.4 Å². The van der Waals surface area contributed by atoms with E-state index in [2.05, 4.69) is 0 Å². The lowest BCUT2D eigenvalue weighted by Crippen LogP contribution is -2.47. The Balaban J connectivity index is 2.34. The quantitative estimate of drug-likeness (QED) is 0.285. The number of nitrogens with zero attached hydrogens (tertiary/aromatic N) is 2. The summed E-state index contributed by atoms with van der Waals surface area (Å²) in [6, 6.07) is 15.7. The van der Waals surface area contributed by atoms with Crippen molar-refractivity contribution in [3.63, 3.8) is 0 Å². The number of carbonyl (C=O) groups excluding carboxylic acids is 1. The predicted molar refractivity (Wildman–Crippen MR) is 143 cm³/mol. The minimum atomic E-state index is -0.910. The van der Waals surface area contributed by atoms with E-state index in [-0.39, 0.29) is 18.8 Å². The van der Waals surface area contributed by atoms with E-state index in [1.807, 2.05) is 49.4 Å². The number of hydrogen-bond acceptors (Lipinski definition) is 6. The van der Waals surface area contributed by atoms with Crippen LogP contribution in [0, 0.1) is 10.1 Å². The van der Waals surface area contributed by atoms with E-state index in [0.717, 1.165) is 11.1 Å². The van der Waals surface area contributed by atoms with Gasteiger partial charge in [-0.2, -0.15) is 0 Å². The molecule has 8 heteroatoms. The van der Waals surface area contributed by atoms with E-state index < -0.39 is 27.8 Å². The first-order valence-electron chi connectivity index (χ1n) is 11.9. The molecule has 3 rings (SSSR count). The monoisotopic (exact) mass is 502 g/mol. The molecule has 1 aromatic heterocycles. The Bertz CT molecular complexity index is 1510. The molecule has 2 aromatic carbocycles. The lowest BCUT2D eigenvalue weighted by molar-refractivity contribution is -0.384. The summed E-state index contributed by atoms with van der Waals surface area (Å²) in [5.74, 6) is -1.34. The number of nitro groups is 1. The first-order valence-corrected chi connectivity index (χ1v) is 11.9. The van der Waals surface area contributed by atoms with Crippen LogP contribution in [0.15, 0.2) is 71.0 Å². The van der Waals surface area contributed by atoms with E-state index in [1.54, 1.807) is 32.9 Å². The molecule has 0 aliphatic carbocycles. The smallest absolute Gasteiger partial charge is 0.347 e. The van der Waals surface area contributed by atoms with Crippen LogP contribution in [0.25, 0.3) is 11.6 Å². The molecule has 0 aliphatic heterocycles. The minimum Gasteiger partial charge on any atom is -0.506 e. The molecular weight excluding hydrogens is 472 g/mol. The number of ether oxygens (including phenoxy) is 1. The summed E-state index contributed by atoms with van der Waals surface area (Å²) in [5.41, 5.74) is 2.06. The van der Waals surface area contributed by atoms with Crippen LogP contribution < -0.4 is 16.1 Å². The molecule has 37 heavy (non-hydrogen) atoms. The van der Waals surface area contributed by atoms with Crippen molar-refractivity contribution in [1.29, 1.82) is 0 Å². The van der Waals surface area contributed by atoms with E-state index in [9.17, 15) is 24.8 Å². The summed E-state index contributed by atoms with van der Waals surface area (Å²) in [7, 11) is 0. The average Bonchev–Trinajstić information content (AvgIpc) is 2.86. The third-order valence-corrected chi connectivity index (χ3v) is 5.89. The van der Waals surface area contributed by atoms with Crippen LogP contribution in [0.4, 0.5) is 5.69 Å². The molecule has 0 saturated heterocycles. The molecule has 0 atom stereocenters. The fraction of sp³-hybridized carbons (Fsp3) is 0.241. The van der Waals surface area contributed by atoms with E-state index in [0.29, 0.717) is 28.1 Å². The number of aromatic nitrogens is 1. The second-order valence-corrected chi connectivity index (χ2v) is 8.69. The summed E-state index contributed by atoms with van der Waals surface area (Å²) < 4.78 is 6.48. The SMILES string of the molecule is C/C=C(\C=c1/c(=C(C)C)c(O)c(C(=O)OCC)c(=O)n1Cc1ccc([N+](=O)[O-])cc1)Cc1ccccc1. The number of nitro benzene ring substituents is 1. The Labute approximate surface area is 214 Å². The molecule has 0 unspecified atom stereocenters. The largest absolute Gasteiger partial charge is 0.506 e. The van der Waals surface area contributed by atoms with Crippen LogP contribution >= 0.6 is 0 Å². The number of aromatic hydroxyl groups is 1. The predicted octanol–water partition coefficient (Wildman–Crippen LogP) is 3.85. The maximum absolute atomic E-state index is 13.7. The summed E-state index contributed by atoms with van der Waals surface area (Å²) in [6.07, 6.45) is 4.35. The van der Waals surface area contributed by atoms with Crippen molar-refractivity contribution in [3.8, 4) is 5.75 Å². The van der Waals surface area contributed by atoms with Gasteiger partial charge in [0, 0.05) is 17.4 Å². The summed E-state index contributed by atoms with van der Waals surface area (Å²) in [4.78, 5) is 37.0. The number of carbonyl (C=O) groups is 1. The van der Waals surface area contributed by atoms with Gasteiger partial charge in [-0.05, 0) is 56.9 Å². The summed E-state index contributed by atoms with van der Waals surface area (Å²) in [6.45, 7) is 7.15. The van der Waals surface area contributed by atoms with Gasteiger partial charge in [0.1, 0.15) is 5.75 Å². The van der Waals surface area contributed by atoms with Gasteiger partial charge >= 0.3 is 5.97 Å². The lowest BCUT2D eigenvalue weighted by Gasteiger charge is -2.14.